The number of hydrogen-bond donors (Lipinski definition) is 0. The third-order valence-electron chi connectivity index (χ3n) is 4.42. The average Bonchev–Trinajstić information content (AvgIpc) is 2.83. The van der Waals surface area contributed by atoms with Crippen molar-refractivity contribution >= 4 is 23.8 Å². The van der Waals surface area contributed by atoms with E-state index in [-0.39, 0.29) is 17.0 Å². The SMILES string of the molecule is O=C(OCC(=O)N(/N=C\c1ccccc1)c1cccc(C(F)(F)F)c1)c1ccc(OC(F)F)cc1. The van der Waals surface area contributed by atoms with Crippen molar-refractivity contribution in [2.45, 2.75) is 12.8 Å². The fraction of sp³-hybridized carbons (Fsp3) is 0.125. The van der Waals surface area contributed by atoms with Crippen LogP contribution in [0, 0.1) is 0 Å². The first-order valence-corrected chi connectivity index (χ1v) is 9.95. The van der Waals surface area contributed by atoms with Crippen LogP contribution in [0.15, 0.2) is 84.0 Å². The van der Waals surface area contributed by atoms with Gasteiger partial charge in [-0.05, 0) is 48.0 Å². The molecule has 3 aromatic carbocycles. The van der Waals surface area contributed by atoms with Gasteiger partial charge in [0.15, 0.2) is 6.61 Å². The summed E-state index contributed by atoms with van der Waals surface area (Å²) in [6, 6.07) is 17.0. The van der Waals surface area contributed by atoms with E-state index in [4.69, 9.17) is 4.74 Å². The zero-order valence-electron chi connectivity index (χ0n) is 17.8. The maximum atomic E-state index is 13.2. The van der Waals surface area contributed by atoms with Crippen LogP contribution in [-0.2, 0) is 15.7 Å². The van der Waals surface area contributed by atoms with E-state index in [1.54, 1.807) is 30.3 Å². The lowest BCUT2D eigenvalue weighted by atomic mass is 10.2. The summed E-state index contributed by atoms with van der Waals surface area (Å²) in [4.78, 5) is 25.0. The Morgan fingerprint density at radius 2 is 1.63 bits per heavy atom. The number of carbonyl (C=O) groups is 2. The molecule has 0 spiro atoms. The van der Waals surface area contributed by atoms with Crippen molar-refractivity contribution in [1.82, 2.24) is 0 Å². The summed E-state index contributed by atoms with van der Waals surface area (Å²) in [5.74, 6) is -2.07. The van der Waals surface area contributed by atoms with Crippen molar-refractivity contribution in [3.05, 3.63) is 95.6 Å². The topological polar surface area (TPSA) is 68.2 Å². The molecule has 0 aromatic heterocycles. The van der Waals surface area contributed by atoms with Crippen LogP contribution in [0.4, 0.5) is 27.6 Å². The monoisotopic (exact) mass is 492 g/mol. The molecule has 0 saturated carbocycles. The van der Waals surface area contributed by atoms with Gasteiger partial charge in [0.1, 0.15) is 5.75 Å². The van der Waals surface area contributed by atoms with Gasteiger partial charge in [0.2, 0.25) is 0 Å². The Kier molecular flexibility index (Phi) is 8.13. The summed E-state index contributed by atoms with van der Waals surface area (Å²) >= 11 is 0. The summed E-state index contributed by atoms with van der Waals surface area (Å²) in [5, 5.41) is 4.68. The van der Waals surface area contributed by atoms with Crippen LogP contribution in [0.1, 0.15) is 21.5 Å². The predicted molar refractivity (Wildman–Crippen MR) is 116 cm³/mol. The van der Waals surface area contributed by atoms with Gasteiger partial charge in [-0.15, -0.1) is 0 Å². The number of nitrogens with zero attached hydrogens (tertiary/aromatic N) is 2. The fourth-order valence-electron chi connectivity index (χ4n) is 2.80. The largest absolute Gasteiger partial charge is 0.452 e. The molecule has 0 saturated heterocycles. The van der Waals surface area contributed by atoms with E-state index in [0.29, 0.717) is 10.6 Å². The molecule has 0 atom stereocenters. The zero-order valence-corrected chi connectivity index (χ0v) is 17.8. The molecule has 182 valence electrons. The van der Waals surface area contributed by atoms with Gasteiger partial charge in [-0.25, -0.2) is 4.79 Å². The smallest absolute Gasteiger partial charge is 0.416 e. The molecule has 0 heterocycles. The second-order valence-electron chi connectivity index (χ2n) is 6.89. The third kappa shape index (κ3) is 7.36. The van der Waals surface area contributed by atoms with Crippen molar-refractivity contribution in [1.29, 1.82) is 0 Å². The Balaban J connectivity index is 1.77. The number of hydrazone groups is 1. The lowest BCUT2D eigenvalue weighted by Crippen LogP contribution is -2.31. The highest BCUT2D eigenvalue weighted by Gasteiger charge is 2.31. The summed E-state index contributed by atoms with van der Waals surface area (Å²) in [7, 11) is 0. The molecule has 3 aromatic rings. The van der Waals surface area contributed by atoms with Crippen molar-refractivity contribution in [2.24, 2.45) is 5.10 Å². The number of amides is 1. The molecule has 0 aliphatic carbocycles. The molecule has 35 heavy (non-hydrogen) atoms. The van der Waals surface area contributed by atoms with Crippen LogP contribution in [0.2, 0.25) is 0 Å². The van der Waals surface area contributed by atoms with Gasteiger partial charge in [-0.3, -0.25) is 4.79 Å². The minimum Gasteiger partial charge on any atom is -0.452 e. The number of rotatable bonds is 8. The second kappa shape index (κ2) is 11.2. The van der Waals surface area contributed by atoms with Crippen LogP contribution < -0.4 is 9.75 Å². The lowest BCUT2D eigenvalue weighted by molar-refractivity contribution is -0.137. The van der Waals surface area contributed by atoms with Gasteiger partial charge in [0.25, 0.3) is 5.91 Å². The Labute approximate surface area is 196 Å². The first-order chi connectivity index (χ1) is 16.6. The molecule has 0 aliphatic heterocycles. The summed E-state index contributed by atoms with van der Waals surface area (Å²) < 4.78 is 73.1. The van der Waals surface area contributed by atoms with Crippen LogP contribution in [0.5, 0.6) is 5.75 Å². The Hall–Kier alpha value is -4.28. The molecule has 0 unspecified atom stereocenters. The third-order valence-corrected chi connectivity index (χ3v) is 4.42. The van der Waals surface area contributed by atoms with Gasteiger partial charge in [0.05, 0.1) is 23.0 Å². The number of alkyl halides is 5. The fourth-order valence-corrected chi connectivity index (χ4v) is 2.80. The minimum atomic E-state index is -4.65. The van der Waals surface area contributed by atoms with Gasteiger partial charge >= 0.3 is 18.8 Å². The Morgan fingerprint density at radius 3 is 2.26 bits per heavy atom. The highest BCUT2D eigenvalue weighted by Crippen LogP contribution is 2.31. The highest BCUT2D eigenvalue weighted by atomic mass is 19.4. The number of anilines is 1. The zero-order chi connectivity index (χ0) is 25.4. The van der Waals surface area contributed by atoms with E-state index in [2.05, 4.69) is 9.84 Å². The lowest BCUT2D eigenvalue weighted by Gasteiger charge is -2.18. The number of esters is 1. The van der Waals surface area contributed by atoms with Gasteiger partial charge < -0.3 is 9.47 Å². The predicted octanol–water partition coefficient (Wildman–Crippen LogP) is 5.53. The summed E-state index contributed by atoms with van der Waals surface area (Å²) in [6.45, 7) is -3.89. The van der Waals surface area contributed by atoms with Crippen LogP contribution in [-0.4, -0.2) is 31.3 Å². The molecule has 11 heteroatoms. The van der Waals surface area contributed by atoms with E-state index in [0.717, 1.165) is 42.5 Å². The molecular weight excluding hydrogens is 475 g/mol. The molecule has 3 rings (SSSR count). The van der Waals surface area contributed by atoms with Gasteiger partial charge in [-0.1, -0.05) is 36.4 Å². The molecule has 6 nitrogen and oxygen atoms in total. The number of benzene rings is 3. The Bertz CT molecular complexity index is 1180. The average molecular weight is 492 g/mol. The summed E-state index contributed by atoms with van der Waals surface area (Å²) in [6.07, 6.45) is -3.39. The van der Waals surface area contributed by atoms with E-state index >= 15 is 0 Å². The number of carbonyl (C=O) groups excluding carboxylic acids is 2. The van der Waals surface area contributed by atoms with E-state index < -0.39 is 36.8 Å². The second-order valence-corrected chi connectivity index (χ2v) is 6.89. The molecule has 0 N–H and O–H groups in total. The molecule has 0 aliphatic rings. The number of ether oxygens (including phenoxy) is 2. The van der Waals surface area contributed by atoms with Crippen LogP contribution in [0.25, 0.3) is 0 Å². The van der Waals surface area contributed by atoms with Crippen LogP contribution >= 0.6 is 0 Å². The van der Waals surface area contributed by atoms with Crippen LogP contribution in [0.3, 0.4) is 0 Å². The maximum absolute atomic E-state index is 13.2. The highest BCUT2D eigenvalue weighted by molar-refractivity contribution is 5.98. The maximum Gasteiger partial charge on any atom is 0.416 e. The standard InChI is InChI=1S/C24H17F5N2O4/c25-23(26)35-20-11-9-17(10-12-20)22(33)34-15-21(32)31(30-14-16-5-2-1-3-6-16)19-8-4-7-18(13-19)24(27,28)29/h1-14,23H,15H2/b30-14-. The number of hydrogen-bond acceptors (Lipinski definition) is 5. The van der Waals surface area contributed by atoms with E-state index in [1.165, 1.54) is 12.3 Å². The van der Waals surface area contributed by atoms with E-state index in [1.807, 2.05) is 0 Å². The van der Waals surface area contributed by atoms with E-state index in [9.17, 15) is 31.5 Å². The van der Waals surface area contributed by atoms with Crippen molar-refractivity contribution < 1.29 is 41.0 Å². The molecule has 0 fully saturated rings. The van der Waals surface area contributed by atoms with Gasteiger partial charge in [0, 0.05) is 0 Å². The first-order valence-electron chi connectivity index (χ1n) is 9.95. The normalized spacial score (nSPS) is 11.5. The van der Waals surface area contributed by atoms with Gasteiger partial charge in [-0.2, -0.15) is 32.1 Å². The van der Waals surface area contributed by atoms with Crippen molar-refractivity contribution in [3.8, 4) is 5.75 Å². The molecular formula is C24H17F5N2O4. The Morgan fingerprint density at radius 1 is 0.943 bits per heavy atom. The minimum absolute atomic E-state index is 0.0576. The van der Waals surface area contributed by atoms with Crippen molar-refractivity contribution in [3.63, 3.8) is 0 Å². The summed E-state index contributed by atoms with van der Waals surface area (Å²) in [5.41, 5.74) is -0.675. The first kappa shape index (κ1) is 25.3. The quantitative estimate of drug-likeness (QED) is 0.180. The van der Waals surface area contributed by atoms with Crippen molar-refractivity contribution in [2.75, 3.05) is 11.6 Å². The molecule has 0 radical (unpaired) electrons. The molecule has 1 amide bonds. The molecule has 0 bridgehead atoms. The number of halogens is 5.